The van der Waals surface area contributed by atoms with Crippen molar-refractivity contribution in [2.45, 2.75) is 6.18 Å². The fourth-order valence-electron chi connectivity index (χ4n) is 1.60. The molecule has 0 saturated heterocycles. The number of aromatic amines is 1. The number of aromatic nitrogens is 1. The van der Waals surface area contributed by atoms with E-state index in [2.05, 4.69) is 4.98 Å². The van der Waals surface area contributed by atoms with Gasteiger partial charge in [0.2, 0.25) is 0 Å². The van der Waals surface area contributed by atoms with Crippen LogP contribution in [0, 0.1) is 0 Å². The Bertz CT molecular complexity index is 626. The maximum absolute atomic E-state index is 12.0. The predicted molar refractivity (Wildman–Crippen MR) is 62.8 cm³/mol. The number of ketones is 1. The van der Waals surface area contributed by atoms with E-state index in [0.717, 1.165) is 6.08 Å². The van der Waals surface area contributed by atoms with Gasteiger partial charge in [-0.25, -0.2) is 0 Å². The van der Waals surface area contributed by atoms with Crippen LogP contribution >= 0.6 is 0 Å². The highest BCUT2D eigenvalue weighted by Gasteiger charge is 2.35. The second kappa shape index (κ2) is 4.21. The summed E-state index contributed by atoms with van der Waals surface area (Å²) in [5.74, 6) is -1.89. The van der Waals surface area contributed by atoms with E-state index in [0.29, 0.717) is 28.2 Å². The quantitative estimate of drug-likeness (QED) is 0.639. The summed E-state index contributed by atoms with van der Waals surface area (Å²) < 4.78 is 36.1. The topological polar surface area (TPSA) is 58.9 Å². The van der Waals surface area contributed by atoms with Crippen LogP contribution in [0.3, 0.4) is 0 Å². The highest BCUT2D eigenvalue weighted by atomic mass is 19.4. The minimum absolute atomic E-state index is 0.481. The summed E-state index contributed by atoms with van der Waals surface area (Å²) in [6.45, 7) is 0. The largest absolute Gasteiger partial charge is 0.454 e. The molecule has 1 aromatic carbocycles. The Labute approximate surface area is 100 Å². The van der Waals surface area contributed by atoms with Gasteiger partial charge < -0.3 is 10.7 Å². The third-order valence-electron chi connectivity index (χ3n) is 2.47. The molecule has 0 spiro atoms. The van der Waals surface area contributed by atoms with Gasteiger partial charge in [-0.2, -0.15) is 13.2 Å². The third kappa shape index (κ3) is 2.22. The molecule has 2 rings (SSSR count). The van der Waals surface area contributed by atoms with Crippen LogP contribution in [0.1, 0.15) is 5.56 Å². The van der Waals surface area contributed by atoms with Crippen LogP contribution < -0.4 is 5.73 Å². The number of nitrogen functional groups attached to an aromatic ring is 1. The Morgan fingerprint density at radius 1 is 1.33 bits per heavy atom. The molecule has 18 heavy (non-hydrogen) atoms. The van der Waals surface area contributed by atoms with E-state index in [1.165, 1.54) is 6.20 Å². The van der Waals surface area contributed by atoms with E-state index < -0.39 is 12.0 Å². The van der Waals surface area contributed by atoms with Crippen molar-refractivity contribution in [3.63, 3.8) is 0 Å². The van der Waals surface area contributed by atoms with E-state index in [4.69, 9.17) is 5.73 Å². The van der Waals surface area contributed by atoms with E-state index in [1.54, 1.807) is 18.2 Å². The van der Waals surface area contributed by atoms with Crippen LogP contribution in [0.2, 0.25) is 0 Å². The average Bonchev–Trinajstić information content (AvgIpc) is 2.69. The lowest BCUT2D eigenvalue weighted by Gasteiger charge is -1.99. The summed E-state index contributed by atoms with van der Waals surface area (Å²) in [7, 11) is 0. The van der Waals surface area contributed by atoms with Crippen molar-refractivity contribution in [2.24, 2.45) is 0 Å². The second-order valence-corrected chi connectivity index (χ2v) is 3.71. The number of carbonyl (C=O) groups is 1. The molecule has 1 aromatic heterocycles. The molecule has 3 N–H and O–H groups in total. The van der Waals surface area contributed by atoms with Crippen molar-refractivity contribution in [3.05, 3.63) is 36.0 Å². The van der Waals surface area contributed by atoms with E-state index in [9.17, 15) is 18.0 Å². The van der Waals surface area contributed by atoms with Crippen molar-refractivity contribution in [3.8, 4) is 0 Å². The molecule has 2 aromatic rings. The Balaban J connectivity index is 2.36. The van der Waals surface area contributed by atoms with Crippen LogP contribution in [0.25, 0.3) is 17.0 Å². The summed E-state index contributed by atoms with van der Waals surface area (Å²) in [6.07, 6.45) is -1.72. The zero-order valence-corrected chi connectivity index (χ0v) is 9.08. The summed E-state index contributed by atoms with van der Waals surface area (Å²) in [4.78, 5) is 13.6. The lowest BCUT2D eigenvalue weighted by molar-refractivity contribution is -0.165. The van der Waals surface area contributed by atoms with Crippen LogP contribution in [-0.4, -0.2) is 16.9 Å². The van der Waals surface area contributed by atoms with Crippen LogP contribution in [0.5, 0.6) is 0 Å². The molecule has 0 amide bonds. The standard InChI is InChI=1S/C12H9F3N2O/c13-12(14,15)10(18)5-4-7-6-17-11-8(7)2-1-3-9(11)16/h1-6,17H,16H2/b5-4+. The van der Waals surface area contributed by atoms with E-state index >= 15 is 0 Å². The molecular formula is C12H9F3N2O. The van der Waals surface area contributed by atoms with Gasteiger partial charge in [0.25, 0.3) is 5.78 Å². The number of halogens is 3. The lowest BCUT2D eigenvalue weighted by atomic mass is 10.1. The monoisotopic (exact) mass is 254 g/mol. The maximum atomic E-state index is 12.0. The molecule has 0 aliphatic rings. The van der Waals surface area contributed by atoms with Gasteiger partial charge in [0.15, 0.2) is 0 Å². The van der Waals surface area contributed by atoms with Crippen LogP contribution in [0.15, 0.2) is 30.5 Å². The molecule has 0 aliphatic heterocycles. The van der Waals surface area contributed by atoms with Gasteiger partial charge in [-0.1, -0.05) is 12.1 Å². The number of hydrogen-bond donors (Lipinski definition) is 2. The molecule has 6 heteroatoms. The van der Waals surface area contributed by atoms with Gasteiger partial charge in [-0.15, -0.1) is 0 Å². The minimum atomic E-state index is -4.85. The number of para-hydroxylation sites is 1. The third-order valence-corrected chi connectivity index (χ3v) is 2.47. The first-order valence-corrected chi connectivity index (χ1v) is 5.04. The number of allylic oxidation sites excluding steroid dienone is 1. The molecule has 0 radical (unpaired) electrons. The smallest absolute Gasteiger partial charge is 0.397 e. The number of nitrogens with one attached hydrogen (secondary N) is 1. The maximum Gasteiger partial charge on any atom is 0.454 e. The van der Waals surface area contributed by atoms with Crippen LogP contribution in [-0.2, 0) is 4.79 Å². The van der Waals surface area contributed by atoms with Gasteiger partial charge >= 0.3 is 6.18 Å². The van der Waals surface area contributed by atoms with Gasteiger partial charge in [-0.3, -0.25) is 4.79 Å². The van der Waals surface area contributed by atoms with Crippen molar-refractivity contribution in [1.82, 2.24) is 4.98 Å². The lowest BCUT2D eigenvalue weighted by Crippen LogP contribution is -2.19. The summed E-state index contributed by atoms with van der Waals surface area (Å²) in [5, 5.41) is 0.668. The zero-order chi connectivity index (χ0) is 13.3. The van der Waals surface area contributed by atoms with Crippen LogP contribution in [0.4, 0.5) is 18.9 Å². The number of fused-ring (bicyclic) bond motifs is 1. The SMILES string of the molecule is Nc1cccc2c(/C=C/C(=O)C(F)(F)F)c[nH]c12. The van der Waals surface area contributed by atoms with Crippen molar-refractivity contribution in [1.29, 1.82) is 0 Å². The van der Waals surface area contributed by atoms with Gasteiger partial charge in [0.05, 0.1) is 11.2 Å². The zero-order valence-electron chi connectivity index (χ0n) is 9.08. The normalized spacial score (nSPS) is 12.4. The highest BCUT2D eigenvalue weighted by Crippen LogP contribution is 2.24. The number of anilines is 1. The summed E-state index contributed by atoms with van der Waals surface area (Å²) in [5.41, 5.74) is 7.30. The number of hydrogen-bond acceptors (Lipinski definition) is 2. The van der Waals surface area contributed by atoms with Crippen molar-refractivity contribution >= 4 is 28.4 Å². The first kappa shape index (κ1) is 12.2. The van der Waals surface area contributed by atoms with Gasteiger partial charge in [0.1, 0.15) is 0 Å². The second-order valence-electron chi connectivity index (χ2n) is 3.71. The van der Waals surface area contributed by atoms with E-state index in [-0.39, 0.29) is 0 Å². The predicted octanol–water partition coefficient (Wildman–Crippen LogP) is 2.89. The Kier molecular flexibility index (Phi) is 2.86. The van der Waals surface area contributed by atoms with Crippen molar-refractivity contribution in [2.75, 3.05) is 5.73 Å². The molecule has 3 nitrogen and oxygen atoms in total. The Morgan fingerprint density at radius 3 is 2.72 bits per heavy atom. The fourth-order valence-corrected chi connectivity index (χ4v) is 1.60. The van der Waals surface area contributed by atoms with Crippen molar-refractivity contribution < 1.29 is 18.0 Å². The number of H-pyrrole nitrogens is 1. The molecular weight excluding hydrogens is 245 g/mol. The highest BCUT2D eigenvalue weighted by molar-refractivity contribution is 6.01. The number of rotatable bonds is 2. The number of benzene rings is 1. The molecule has 94 valence electrons. The molecule has 0 unspecified atom stereocenters. The first-order valence-electron chi connectivity index (χ1n) is 5.04. The fraction of sp³-hybridized carbons (Fsp3) is 0.0833. The Morgan fingerprint density at radius 2 is 2.06 bits per heavy atom. The summed E-state index contributed by atoms with van der Waals surface area (Å²) >= 11 is 0. The first-order chi connectivity index (χ1) is 8.39. The minimum Gasteiger partial charge on any atom is -0.397 e. The number of carbonyl (C=O) groups excluding carboxylic acids is 1. The molecule has 0 bridgehead atoms. The molecule has 0 saturated carbocycles. The average molecular weight is 254 g/mol. The van der Waals surface area contributed by atoms with E-state index in [1.807, 2.05) is 0 Å². The van der Waals surface area contributed by atoms with Gasteiger partial charge in [0, 0.05) is 11.6 Å². The number of nitrogens with two attached hydrogens (primary N) is 1. The summed E-state index contributed by atoms with van der Waals surface area (Å²) in [6, 6.07) is 5.07. The Hall–Kier alpha value is -2.24. The molecule has 0 fully saturated rings. The molecule has 0 aliphatic carbocycles. The number of alkyl halides is 3. The molecule has 0 atom stereocenters. The van der Waals surface area contributed by atoms with Gasteiger partial charge in [-0.05, 0) is 23.8 Å². The molecule has 1 heterocycles.